The fourth-order valence-electron chi connectivity index (χ4n) is 3.93. The summed E-state index contributed by atoms with van der Waals surface area (Å²) >= 11 is 0. The van der Waals surface area contributed by atoms with Crippen LogP contribution in [-0.2, 0) is 25.8 Å². The molecule has 1 aromatic carbocycles. The molecule has 0 radical (unpaired) electrons. The Morgan fingerprint density at radius 1 is 1.13 bits per heavy atom. The Hall–Kier alpha value is -2.61. The van der Waals surface area contributed by atoms with Gasteiger partial charge in [-0.2, -0.15) is 18.2 Å². The minimum Gasteiger partial charge on any atom is -0.366 e. The van der Waals surface area contributed by atoms with E-state index in [1.165, 1.54) is 13.0 Å². The number of aromatic nitrogens is 3. The Bertz CT molecular complexity index is 1070. The summed E-state index contributed by atoms with van der Waals surface area (Å²) in [6.07, 6.45) is -2.56. The van der Waals surface area contributed by atoms with E-state index in [2.05, 4.69) is 38.4 Å². The first-order valence-corrected chi connectivity index (χ1v) is 10.7. The maximum absolute atomic E-state index is 13.2. The maximum Gasteiger partial charge on any atom is 0.416 e. The molecule has 0 amide bonds. The molecule has 5 nitrogen and oxygen atoms in total. The highest BCUT2D eigenvalue weighted by molar-refractivity contribution is 5.55. The van der Waals surface area contributed by atoms with Crippen molar-refractivity contribution in [2.75, 3.05) is 5.32 Å². The highest BCUT2D eigenvalue weighted by atomic mass is 19.4. The van der Waals surface area contributed by atoms with Crippen molar-refractivity contribution in [3.05, 3.63) is 58.0 Å². The zero-order valence-corrected chi connectivity index (χ0v) is 18.9. The Kier molecular flexibility index (Phi) is 6.59. The molecule has 8 heteroatoms. The van der Waals surface area contributed by atoms with Gasteiger partial charge in [0.05, 0.1) is 11.8 Å². The lowest BCUT2D eigenvalue weighted by atomic mass is 10.0. The minimum atomic E-state index is -4.36. The number of halogens is 3. The molecule has 0 atom stereocenters. The number of nitrogens with one attached hydrogen (secondary N) is 1. The number of imidazole rings is 1. The van der Waals surface area contributed by atoms with Crippen LogP contribution < -0.4 is 5.32 Å². The summed E-state index contributed by atoms with van der Waals surface area (Å²) in [6.45, 7) is 13.6. The molecule has 1 aliphatic rings. The fraction of sp³-hybridized carbons (Fsp3) is 0.478. The van der Waals surface area contributed by atoms with Crippen LogP contribution in [0.15, 0.2) is 24.4 Å². The second-order valence-electron chi connectivity index (χ2n) is 7.86. The third kappa shape index (κ3) is 4.39. The molecule has 3 heterocycles. The predicted molar refractivity (Wildman–Crippen MR) is 117 cm³/mol. The van der Waals surface area contributed by atoms with Crippen LogP contribution in [0, 0.1) is 13.8 Å². The predicted octanol–water partition coefficient (Wildman–Crippen LogP) is 5.73. The molecule has 31 heavy (non-hydrogen) atoms. The summed E-state index contributed by atoms with van der Waals surface area (Å²) in [5.41, 5.74) is 3.49. The van der Waals surface area contributed by atoms with Gasteiger partial charge in [0.1, 0.15) is 5.82 Å². The zero-order chi connectivity index (χ0) is 22.9. The van der Waals surface area contributed by atoms with E-state index in [4.69, 9.17) is 0 Å². The van der Waals surface area contributed by atoms with Crippen molar-refractivity contribution in [1.29, 1.82) is 0 Å². The van der Waals surface area contributed by atoms with Gasteiger partial charge in [0.2, 0.25) is 5.78 Å². The first kappa shape index (κ1) is 23.1. The van der Waals surface area contributed by atoms with E-state index in [1.807, 2.05) is 20.8 Å². The first-order valence-electron chi connectivity index (χ1n) is 10.7. The summed E-state index contributed by atoms with van der Waals surface area (Å²) < 4.78 is 41.7. The van der Waals surface area contributed by atoms with Gasteiger partial charge in [-0.1, -0.05) is 26.0 Å². The second kappa shape index (κ2) is 8.86. The van der Waals surface area contributed by atoms with Gasteiger partial charge >= 0.3 is 6.18 Å². The van der Waals surface area contributed by atoms with Gasteiger partial charge in [-0.05, 0) is 44.9 Å². The lowest BCUT2D eigenvalue weighted by molar-refractivity contribution is -0.138. The second-order valence-corrected chi connectivity index (χ2v) is 7.86. The number of nitrogens with zero attached hydrogens (tertiary/aromatic N) is 4. The van der Waals surface area contributed by atoms with Crippen LogP contribution >= 0.6 is 0 Å². The number of hydrogen-bond acceptors (Lipinski definition) is 4. The SMILES string of the molecule is CC.Cc1c(CNc2nc3ncc(C)n3c3c2CN(C(C)C)C3)cccc1C(F)(F)F. The quantitative estimate of drug-likeness (QED) is 0.571. The summed E-state index contributed by atoms with van der Waals surface area (Å²) in [5, 5.41) is 3.28. The summed E-state index contributed by atoms with van der Waals surface area (Å²) in [7, 11) is 0. The van der Waals surface area contributed by atoms with E-state index in [1.54, 1.807) is 12.3 Å². The number of benzene rings is 1. The van der Waals surface area contributed by atoms with E-state index < -0.39 is 11.7 Å². The third-order valence-corrected chi connectivity index (χ3v) is 5.68. The number of fused-ring (bicyclic) bond motifs is 3. The maximum atomic E-state index is 13.2. The van der Waals surface area contributed by atoms with E-state index >= 15 is 0 Å². The third-order valence-electron chi connectivity index (χ3n) is 5.68. The fourth-order valence-corrected chi connectivity index (χ4v) is 3.93. The molecule has 1 aliphatic heterocycles. The number of hydrogen-bond donors (Lipinski definition) is 1. The van der Waals surface area contributed by atoms with Crippen LogP contribution in [0.5, 0.6) is 0 Å². The largest absolute Gasteiger partial charge is 0.416 e. The van der Waals surface area contributed by atoms with Crippen LogP contribution in [0.25, 0.3) is 5.78 Å². The topological polar surface area (TPSA) is 45.5 Å². The number of anilines is 1. The molecule has 2 aromatic heterocycles. The van der Waals surface area contributed by atoms with Gasteiger partial charge in [0.25, 0.3) is 0 Å². The van der Waals surface area contributed by atoms with Crippen molar-refractivity contribution < 1.29 is 13.2 Å². The summed E-state index contributed by atoms with van der Waals surface area (Å²) in [4.78, 5) is 11.4. The number of rotatable bonds is 4. The molecule has 0 aliphatic carbocycles. The molecular weight excluding hydrogens is 403 g/mol. The molecule has 3 aromatic rings. The van der Waals surface area contributed by atoms with Crippen molar-refractivity contribution >= 4 is 11.6 Å². The molecule has 4 rings (SSSR count). The molecule has 1 N–H and O–H groups in total. The average molecular weight is 434 g/mol. The average Bonchev–Trinajstić information content (AvgIpc) is 3.31. The van der Waals surface area contributed by atoms with Gasteiger partial charge in [-0.3, -0.25) is 9.30 Å². The van der Waals surface area contributed by atoms with Gasteiger partial charge < -0.3 is 5.32 Å². The van der Waals surface area contributed by atoms with Crippen molar-refractivity contribution in [2.45, 2.75) is 73.4 Å². The molecular formula is C23H30F3N5. The normalized spacial score (nSPS) is 14.0. The highest BCUT2D eigenvalue weighted by Crippen LogP contribution is 2.34. The molecule has 0 fully saturated rings. The van der Waals surface area contributed by atoms with Crippen molar-refractivity contribution in [1.82, 2.24) is 19.3 Å². The van der Waals surface area contributed by atoms with E-state index in [0.717, 1.165) is 36.1 Å². The van der Waals surface area contributed by atoms with Crippen LogP contribution in [-0.4, -0.2) is 25.3 Å². The van der Waals surface area contributed by atoms with Crippen LogP contribution in [0.1, 0.15) is 61.3 Å². The van der Waals surface area contributed by atoms with Crippen molar-refractivity contribution in [2.24, 2.45) is 0 Å². The summed E-state index contributed by atoms with van der Waals surface area (Å²) in [6, 6.07) is 4.66. The standard InChI is InChI=1S/C21H24F3N5.C2H6/c1-12(2)28-10-16-18(11-28)29-13(3)8-26-20(29)27-19(16)25-9-15-6-5-7-17(14(15)4)21(22,23)24;1-2/h5-8,12H,9-11H2,1-4H3,(H,25,26,27);1-2H3. The number of aryl methyl sites for hydroxylation is 1. The van der Waals surface area contributed by atoms with Crippen LogP contribution in [0.2, 0.25) is 0 Å². The van der Waals surface area contributed by atoms with Gasteiger partial charge in [-0.15, -0.1) is 0 Å². The van der Waals surface area contributed by atoms with Gasteiger partial charge in [0, 0.05) is 42.6 Å². The van der Waals surface area contributed by atoms with Crippen LogP contribution in [0.3, 0.4) is 0 Å². The Morgan fingerprint density at radius 2 is 1.84 bits per heavy atom. The minimum absolute atomic E-state index is 0.241. The van der Waals surface area contributed by atoms with Crippen molar-refractivity contribution in [3.8, 4) is 0 Å². The van der Waals surface area contributed by atoms with Crippen molar-refractivity contribution in [3.63, 3.8) is 0 Å². The molecule has 0 bridgehead atoms. The van der Waals surface area contributed by atoms with Gasteiger partial charge in [0.15, 0.2) is 0 Å². The Morgan fingerprint density at radius 3 is 2.48 bits per heavy atom. The smallest absolute Gasteiger partial charge is 0.366 e. The highest BCUT2D eigenvalue weighted by Gasteiger charge is 2.33. The number of alkyl halides is 3. The molecule has 0 spiro atoms. The lowest BCUT2D eigenvalue weighted by Crippen LogP contribution is -2.24. The van der Waals surface area contributed by atoms with Crippen LogP contribution in [0.4, 0.5) is 19.0 Å². The first-order chi connectivity index (χ1) is 14.7. The molecule has 168 valence electrons. The van der Waals surface area contributed by atoms with E-state index in [9.17, 15) is 13.2 Å². The molecule has 0 saturated heterocycles. The Labute approximate surface area is 181 Å². The lowest BCUT2D eigenvalue weighted by Gasteiger charge is -2.19. The van der Waals surface area contributed by atoms with Gasteiger partial charge in [-0.25, -0.2) is 4.98 Å². The Balaban J connectivity index is 0.00000132. The van der Waals surface area contributed by atoms with E-state index in [0.29, 0.717) is 23.2 Å². The zero-order valence-electron chi connectivity index (χ0n) is 18.9. The molecule has 0 saturated carbocycles. The monoisotopic (exact) mass is 433 g/mol. The van der Waals surface area contributed by atoms with E-state index in [-0.39, 0.29) is 12.1 Å². The summed E-state index contributed by atoms with van der Waals surface area (Å²) in [5.74, 6) is 1.30. The molecule has 0 unspecified atom stereocenters.